The summed E-state index contributed by atoms with van der Waals surface area (Å²) in [4.78, 5) is 0. The van der Waals surface area contributed by atoms with Gasteiger partial charge in [0.05, 0.1) is 0 Å². The summed E-state index contributed by atoms with van der Waals surface area (Å²) >= 11 is 0. The number of hydrogen-bond acceptors (Lipinski definition) is 1. The molecule has 2 aromatic rings. The Hall–Kier alpha value is -2.32. The predicted molar refractivity (Wildman–Crippen MR) is 132 cm³/mol. The van der Waals surface area contributed by atoms with Crippen molar-refractivity contribution in [2.45, 2.75) is 65.5 Å². The van der Waals surface area contributed by atoms with Gasteiger partial charge in [-0.25, -0.2) is 0 Å². The molecule has 0 unspecified atom stereocenters. The van der Waals surface area contributed by atoms with E-state index in [1.165, 1.54) is 57.5 Å². The molecular weight excluding hydrogens is 380 g/mol. The Labute approximate surface area is 183 Å². The Kier molecular flexibility index (Phi) is 5.88. The highest BCUT2D eigenvalue weighted by molar-refractivity contribution is 6.88. The number of aryl methyl sites for hydroxylation is 4. The Balaban J connectivity index is 1.93. The van der Waals surface area contributed by atoms with Gasteiger partial charge in [0.15, 0.2) is 0 Å². The largest absolute Gasteiger partial charge is 0.538 e. The molecule has 0 spiro atoms. The molecule has 2 aliphatic rings. The number of fused-ring (bicyclic) bond motifs is 1. The van der Waals surface area contributed by atoms with E-state index in [1.807, 2.05) is 0 Å². The first-order valence-corrected chi connectivity index (χ1v) is 13.5. The fourth-order valence-electron chi connectivity index (χ4n) is 5.30. The van der Waals surface area contributed by atoms with Crippen molar-refractivity contribution in [1.82, 2.24) is 0 Å². The van der Waals surface area contributed by atoms with Gasteiger partial charge in [0.2, 0.25) is 0 Å². The summed E-state index contributed by atoms with van der Waals surface area (Å²) in [6.45, 7) is 11.4. The fourth-order valence-corrected chi connectivity index (χ4v) is 9.63. The van der Waals surface area contributed by atoms with Gasteiger partial charge in [-0.1, -0.05) is 80.1 Å². The summed E-state index contributed by atoms with van der Waals surface area (Å²) in [5.74, 6) is 1.09. The molecule has 1 heterocycles. The molecule has 2 aromatic carbocycles. The van der Waals surface area contributed by atoms with E-state index in [9.17, 15) is 0 Å². The van der Waals surface area contributed by atoms with Gasteiger partial charge in [0.25, 0.3) is 8.32 Å². The predicted octanol–water partition coefficient (Wildman–Crippen LogP) is 7.06. The van der Waals surface area contributed by atoms with Crippen LogP contribution in [-0.4, -0.2) is 8.32 Å². The van der Waals surface area contributed by atoms with Crippen LogP contribution in [0.15, 0.2) is 66.3 Å². The Morgan fingerprint density at radius 2 is 1.63 bits per heavy atom. The zero-order chi connectivity index (χ0) is 21.3. The third-order valence-electron chi connectivity index (χ3n) is 6.72. The third-order valence-corrected chi connectivity index (χ3v) is 11.6. The van der Waals surface area contributed by atoms with Crippen molar-refractivity contribution in [3.63, 3.8) is 0 Å². The second-order valence-corrected chi connectivity index (χ2v) is 13.4. The Morgan fingerprint density at radius 1 is 0.967 bits per heavy atom. The minimum atomic E-state index is -2.20. The van der Waals surface area contributed by atoms with Crippen molar-refractivity contribution in [3.05, 3.63) is 94.1 Å². The molecule has 0 saturated heterocycles. The zero-order valence-corrected chi connectivity index (χ0v) is 20.1. The molecular formula is C28H34OSi. The molecule has 4 rings (SSSR count). The molecule has 0 aromatic heterocycles. The van der Waals surface area contributed by atoms with E-state index in [0.717, 1.165) is 12.2 Å². The topological polar surface area (TPSA) is 9.23 Å². The van der Waals surface area contributed by atoms with Gasteiger partial charge in [0, 0.05) is 11.1 Å². The zero-order valence-electron chi connectivity index (χ0n) is 19.1. The lowest BCUT2D eigenvalue weighted by Gasteiger charge is -2.41. The van der Waals surface area contributed by atoms with Crippen LogP contribution in [0.1, 0.15) is 54.5 Å². The van der Waals surface area contributed by atoms with E-state index in [2.05, 4.69) is 95.3 Å². The molecule has 1 aliphatic heterocycles. The molecule has 0 N–H and O–H groups in total. The van der Waals surface area contributed by atoms with Crippen molar-refractivity contribution >= 4 is 19.3 Å². The van der Waals surface area contributed by atoms with Crippen LogP contribution < -0.4 is 5.19 Å². The third kappa shape index (κ3) is 3.74. The molecule has 1 aliphatic carbocycles. The maximum absolute atomic E-state index is 7.41. The van der Waals surface area contributed by atoms with Crippen LogP contribution in [0.25, 0.3) is 5.76 Å². The van der Waals surface area contributed by atoms with Gasteiger partial charge in [0.1, 0.15) is 5.76 Å². The molecule has 1 atom stereocenters. The summed E-state index contributed by atoms with van der Waals surface area (Å²) in [6.07, 6.45) is 12.4. The second kappa shape index (κ2) is 8.43. The van der Waals surface area contributed by atoms with E-state index in [0.29, 0.717) is 5.54 Å². The van der Waals surface area contributed by atoms with Crippen molar-refractivity contribution in [2.75, 3.05) is 0 Å². The van der Waals surface area contributed by atoms with Crippen LogP contribution in [0.2, 0.25) is 11.6 Å². The van der Waals surface area contributed by atoms with Crippen LogP contribution in [0.5, 0.6) is 0 Å². The molecule has 0 bridgehead atoms. The van der Waals surface area contributed by atoms with E-state index >= 15 is 0 Å². The number of rotatable bonds is 4. The first-order valence-electron chi connectivity index (χ1n) is 11.4. The molecule has 0 saturated carbocycles. The van der Waals surface area contributed by atoms with E-state index < -0.39 is 8.32 Å². The maximum atomic E-state index is 7.41. The first kappa shape index (κ1) is 20.9. The standard InChI is InChI=1S/C28H34OSi/c1-20(2)30(17-11-15-24-12-9-10-16-26(24)30)29-28(25-13-7-6-8-14-25)27-22(4)18-21(3)19-23(27)5/h7-10,12-14,16,18-20H,6,11,15,17H2,1-5H3/t30-/m1/s1. The van der Waals surface area contributed by atoms with Gasteiger partial charge in [-0.2, -0.15) is 0 Å². The fraction of sp³-hybridized carbons (Fsp3) is 0.357. The number of hydrogen-bond donors (Lipinski definition) is 0. The van der Waals surface area contributed by atoms with Crippen LogP contribution >= 0.6 is 0 Å². The molecule has 156 valence electrons. The van der Waals surface area contributed by atoms with Crippen molar-refractivity contribution in [1.29, 1.82) is 0 Å². The van der Waals surface area contributed by atoms with Crippen LogP contribution in [0, 0.1) is 20.8 Å². The van der Waals surface area contributed by atoms with Gasteiger partial charge >= 0.3 is 0 Å². The van der Waals surface area contributed by atoms with Gasteiger partial charge in [-0.05, 0) is 73.5 Å². The molecule has 0 fully saturated rings. The number of allylic oxidation sites excluding steroid dienone is 5. The summed E-state index contributed by atoms with van der Waals surface area (Å²) in [5.41, 5.74) is 8.43. The van der Waals surface area contributed by atoms with Gasteiger partial charge < -0.3 is 4.43 Å². The highest BCUT2D eigenvalue weighted by Gasteiger charge is 2.46. The van der Waals surface area contributed by atoms with Crippen LogP contribution in [0.4, 0.5) is 0 Å². The van der Waals surface area contributed by atoms with Crippen LogP contribution in [-0.2, 0) is 10.8 Å². The van der Waals surface area contributed by atoms with Crippen molar-refractivity contribution in [3.8, 4) is 0 Å². The lowest BCUT2D eigenvalue weighted by atomic mass is 9.95. The van der Waals surface area contributed by atoms with E-state index in [4.69, 9.17) is 4.43 Å². The van der Waals surface area contributed by atoms with Crippen LogP contribution in [0.3, 0.4) is 0 Å². The van der Waals surface area contributed by atoms with Crippen molar-refractivity contribution < 1.29 is 4.43 Å². The maximum Gasteiger partial charge on any atom is 0.285 e. The van der Waals surface area contributed by atoms with E-state index in [1.54, 1.807) is 0 Å². The molecule has 0 radical (unpaired) electrons. The normalized spacial score (nSPS) is 20.4. The minimum Gasteiger partial charge on any atom is -0.538 e. The average Bonchev–Trinajstić information content (AvgIpc) is 2.73. The lowest BCUT2D eigenvalue weighted by molar-refractivity contribution is 0.479. The molecule has 2 heteroatoms. The SMILES string of the molecule is Cc1cc(C)c(C(O[Si@@]2(C(C)C)CCCc3ccccc32)=C2C=CCC=C2)c(C)c1. The monoisotopic (exact) mass is 414 g/mol. The second-order valence-electron chi connectivity index (χ2n) is 9.26. The quantitative estimate of drug-likeness (QED) is 0.384. The lowest BCUT2D eigenvalue weighted by Crippen LogP contribution is -2.56. The molecule has 30 heavy (non-hydrogen) atoms. The Bertz CT molecular complexity index is 1000. The highest BCUT2D eigenvalue weighted by atomic mass is 28.4. The summed E-state index contributed by atoms with van der Waals surface area (Å²) < 4.78 is 7.41. The smallest absolute Gasteiger partial charge is 0.285 e. The summed E-state index contributed by atoms with van der Waals surface area (Å²) in [5, 5.41) is 1.51. The highest BCUT2D eigenvalue weighted by Crippen LogP contribution is 2.40. The first-order chi connectivity index (χ1) is 14.4. The molecule has 1 nitrogen and oxygen atoms in total. The van der Waals surface area contributed by atoms with Crippen molar-refractivity contribution in [2.24, 2.45) is 0 Å². The van der Waals surface area contributed by atoms with Gasteiger partial charge in [-0.15, -0.1) is 0 Å². The Morgan fingerprint density at radius 3 is 2.30 bits per heavy atom. The summed E-state index contributed by atoms with van der Waals surface area (Å²) in [6, 6.07) is 14.8. The molecule has 0 amide bonds. The van der Waals surface area contributed by atoms with E-state index in [-0.39, 0.29) is 0 Å². The van der Waals surface area contributed by atoms with Gasteiger partial charge in [-0.3, -0.25) is 0 Å². The summed E-state index contributed by atoms with van der Waals surface area (Å²) in [7, 11) is -2.20. The number of benzene rings is 2. The minimum absolute atomic E-state index is 0.511. The average molecular weight is 415 g/mol.